The van der Waals surface area contributed by atoms with Crippen LogP contribution in [0.4, 0.5) is 0 Å². The van der Waals surface area contributed by atoms with Crippen molar-refractivity contribution in [2.45, 2.75) is 433 Å². The molecule has 2 unspecified atom stereocenters. The average Bonchev–Trinajstić information content (AvgIpc) is 1.04. The second kappa shape index (κ2) is 70.1. The Morgan fingerprint density at radius 3 is 0.620 bits per heavy atom. The van der Waals surface area contributed by atoms with Gasteiger partial charge in [0.15, 0.2) is 12.2 Å². The van der Waals surface area contributed by atoms with Gasteiger partial charge in [0, 0.05) is 25.7 Å². The maximum Gasteiger partial charge on any atom is 0.472 e. The first-order chi connectivity index (χ1) is 48.1. The van der Waals surface area contributed by atoms with Crippen LogP contribution in [0.5, 0.6) is 0 Å². The number of aliphatic hydroxyl groups is 1. The Kier molecular flexibility index (Phi) is 68.7. The lowest BCUT2D eigenvalue weighted by atomic mass is 10.0. The quantitative estimate of drug-likeness (QED) is 0.0222. The first-order valence-electron chi connectivity index (χ1n) is 41.7. The third-order valence-corrected chi connectivity index (χ3v) is 20.7. The van der Waals surface area contributed by atoms with Crippen molar-refractivity contribution in [2.75, 3.05) is 39.6 Å². The summed E-state index contributed by atoms with van der Waals surface area (Å²) in [5, 5.41) is 10.6. The van der Waals surface area contributed by atoms with E-state index in [1.54, 1.807) is 0 Å². The average molecular weight is 1470 g/mol. The minimum atomic E-state index is -4.96. The van der Waals surface area contributed by atoms with Gasteiger partial charge >= 0.3 is 39.5 Å². The molecule has 0 spiro atoms. The SMILES string of the molecule is CC(C)CCCCCCCCCCCCCCCCCCC(=O)OC[C@H](COP(=O)(O)OC[C@@H](O)COP(=O)(O)OC[C@@H](COC(=O)CCCCCCCCC(C)C)OC(=O)CCCCCCCCCCCCC(C)C)OC(=O)CCCCCCCCCCCCCCCCCCC(C)C. The molecule has 0 saturated carbocycles. The topological polar surface area (TPSA) is 237 Å². The van der Waals surface area contributed by atoms with E-state index in [-0.39, 0.29) is 25.7 Å². The van der Waals surface area contributed by atoms with Crippen LogP contribution < -0.4 is 0 Å². The van der Waals surface area contributed by atoms with Crippen molar-refractivity contribution in [3.8, 4) is 0 Å². The number of hydrogen-bond donors (Lipinski definition) is 3. The molecule has 0 aromatic rings. The number of rotatable bonds is 78. The molecule has 5 atom stereocenters. The van der Waals surface area contributed by atoms with Gasteiger partial charge < -0.3 is 33.8 Å². The number of aliphatic hydroxyl groups excluding tert-OH is 1. The summed E-state index contributed by atoms with van der Waals surface area (Å²) < 4.78 is 68.7. The zero-order chi connectivity index (χ0) is 73.8. The van der Waals surface area contributed by atoms with Gasteiger partial charge in [-0.15, -0.1) is 0 Å². The van der Waals surface area contributed by atoms with Crippen LogP contribution in [0.2, 0.25) is 0 Å². The van der Waals surface area contributed by atoms with E-state index in [1.807, 2.05) is 0 Å². The molecule has 0 aliphatic heterocycles. The summed E-state index contributed by atoms with van der Waals surface area (Å²) in [5.74, 6) is 0.937. The van der Waals surface area contributed by atoms with Crippen LogP contribution in [0.1, 0.15) is 415 Å². The standard InChI is InChI=1S/C81H158O17P2/c1-71(2)57-49-41-33-27-21-17-13-9-11-15-19-23-30-36-45-53-61-78(83)91-67-76(97-80(85)63-55-47-37-31-24-20-16-12-10-14-18-22-28-34-42-50-58-72(3)4)69-95-99(87,88)93-65-75(82)66-94-100(89,90)96-70-77(68-92-79(84)62-54-46-40-39-44-52-60-74(7)8)98-81(86)64-56-48-38-32-26-25-29-35-43-51-59-73(5)6/h71-77,82H,9-70H2,1-8H3,(H,87,88)(H,89,90)/t75-,76-,77-/m1/s1. The van der Waals surface area contributed by atoms with Gasteiger partial charge in [0.1, 0.15) is 19.3 Å². The summed E-state index contributed by atoms with van der Waals surface area (Å²) >= 11 is 0. The van der Waals surface area contributed by atoms with Crippen LogP contribution in [-0.4, -0.2) is 96.7 Å². The Morgan fingerprint density at radius 1 is 0.250 bits per heavy atom. The highest BCUT2D eigenvalue weighted by molar-refractivity contribution is 7.47. The maximum absolute atomic E-state index is 13.1. The zero-order valence-corrected chi connectivity index (χ0v) is 67.6. The number of carbonyl (C=O) groups excluding carboxylic acids is 4. The van der Waals surface area contributed by atoms with Gasteiger partial charge in [0.25, 0.3) is 0 Å². The molecule has 0 aliphatic rings. The number of esters is 4. The normalized spacial score (nSPS) is 14.0. The number of hydrogen-bond acceptors (Lipinski definition) is 15. The van der Waals surface area contributed by atoms with Gasteiger partial charge in [-0.25, -0.2) is 9.13 Å². The molecule has 0 aliphatic carbocycles. The predicted octanol–water partition coefficient (Wildman–Crippen LogP) is 24.0. The fourth-order valence-electron chi connectivity index (χ4n) is 12.4. The highest BCUT2D eigenvalue weighted by Crippen LogP contribution is 2.45. The summed E-state index contributed by atoms with van der Waals surface area (Å²) in [7, 11) is -9.92. The molecule has 0 heterocycles. The summed E-state index contributed by atoms with van der Waals surface area (Å²) in [6.45, 7) is 14.2. The summed E-state index contributed by atoms with van der Waals surface area (Å²) in [6, 6.07) is 0. The first-order valence-corrected chi connectivity index (χ1v) is 44.7. The molecule has 0 fully saturated rings. The first kappa shape index (κ1) is 98.1. The Labute approximate surface area is 613 Å². The van der Waals surface area contributed by atoms with Crippen LogP contribution in [0.3, 0.4) is 0 Å². The molecule has 0 radical (unpaired) electrons. The van der Waals surface area contributed by atoms with Crippen LogP contribution >= 0.6 is 15.6 Å². The highest BCUT2D eigenvalue weighted by atomic mass is 31.2. The maximum atomic E-state index is 13.1. The molecule has 100 heavy (non-hydrogen) atoms. The van der Waals surface area contributed by atoms with E-state index in [4.69, 9.17) is 37.0 Å². The van der Waals surface area contributed by atoms with E-state index in [1.165, 1.54) is 212 Å². The Bertz CT molecular complexity index is 1950. The molecule has 0 amide bonds. The van der Waals surface area contributed by atoms with Gasteiger partial charge in [0.2, 0.25) is 0 Å². The smallest absolute Gasteiger partial charge is 0.462 e. The molecule has 594 valence electrons. The van der Waals surface area contributed by atoms with E-state index < -0.39 is 97.5 Å². The molecule has 0 rings (SSSR count). The lowest BCUT2D eigenvalue weighted by Crippen LogP contribution is -2.30. The van der Waals surface area contributed by atoms with Crippen molar-refractivity contribution in [2.24, 2.45) is 23.7 Å². The highest BCUT2D eigenvalue weighted by Gasteiger charge is 2.30. The lowest BCUT2D eigenvalue weighted by molar-refractivity contribution is -0.161. The zero-order valence-electron chi connectivity index (χ0n) is 65.8. The van der Waals surface area contributed by atoms with E-state index in [2.05, 4.69) is 55.4 Å². The van der Waals surface area contributed by atoms with Crippen molar-refractivity contribution in [3.05, 3.63) is 0 Å². The van der Waals surface area contributed by atoms with Gasteiger partial charge in [-0.2, -0.15) is 0 Å². The Balaban J connectivity index is 5.22. The van der Waals surface area contributed by atoms with E-state index >= 15 is 0 Å². The van der Waals surface area contributed by atoms with Crippen LogP contribution in [-0.2, 0) is 65.4 Å². The predicted molar refractivity (Wildman–Crippen MR) is 409 cm³/mol. The van der Waals surface area contributed by atoms with Crippen LogP contribution in [0.15, 0.2) is 0 Å². The number of unbranched alkanes of at least 4 members (excludes halogenated alkanes) is 44. The molecular weight excluding hydrogens is 1310 g/mol. The van der Waals surface area contributed by atoms with Gasteiger partial charge in [0.05, 0.1) is 26.4 Å². The molecule has 0 saturated heterocycles. The molecule has 17 nitrogen and oxygen atoms in total. The van der Waals surface area contributed by atoms with E-state index in [0.717, 1.165) is 114 Å². The van der Waals surface area contributed by atoms with E-state index in [0.29, 0.717) is 31.6 Å². The molecule has 3 N–H and O–H groups in total. The van der Waals surface area contributed by atoms with Gasteiger partial charge in [-0.3, -0.25) is 37.3 Å². The second-order valence-corrected chi connectivity index (χ2v) is 34.0. The number of phosphoric acid groups is 2. The number of carbonyl (C=O) groups is 4. The monoisotopic (exact) mass is 1470 g/mol. The summed E-state index contributed by atoms with van der Waals surface area (Å²) in [6.07, 6.45) is 57.1. The summed E-state index contributed by atoms with van der Waals surface area (Å²) in [4.78, 5) is 73.0. The van der Waals surface area contributed by atoms with Crippen molar-refractivity contribution in [1.82, 2.24) is 0 Å². The summed E-state index contributed by atoms with van der Waals surface area (Å²) in [5.41, 5.74) is 0. The van der Waals surface area contributed by atoms with Gasteiger partial charge in [-0.1, -0.05) is 364 Å². The molecular formula is C81H158O17P2. The van der Waals surface area contributed by atoms with Crippen molar-refractivity contribution < 1.29 is 80.2 Å². The number of phosphoric ester groups is 2. The Hall–Kier alpha value is -1.94. The largest absolute Gasteiger partial charge is 0.472 e. The minimum Gasteiger partial charge on any atom is -0.462 e. The van der Waals surface area contributed by atoms with Crippen LogP contribution in [0.25, 0.3) is 0 Å². The number of ether oxygens (including phenoxy) is 4. The van der Waals surface area contributed by atoms with E-state index in [9.17, 15) is 43.2 Å². The van der Waals surface area contributed by atoms with Gasteiger partial charge in [-0.05, 0) is 49.4 Å². The fraction of sp³-hybridized carbons (Fsp3) is 0.951. The van der Waals surface area contributed by atoms with Crippen molar-refractivity contribution >= 4 is 39.5 Å². The third-order valence-electron chi connectivity index (χ3n) is 18.8. The third kappa shape index (κ3) is 74.3. The lowest BCUT2D eigenvalue weighted by Gasteiger charge is -2.21. The molecule has 0 aromatic heterocycles. The Morgan fingerprint density at radius 2 is 0.420 bits per heavy atom. The molecule has 0 aromatic carbocycles. The molecule has 19 heteroatoms. The minimum absolute atomic E-state index is 0.105. The fourth-order valence-corrected chi connectivity index (χ4v) is 14.0. The molecule has 0 bridgehead atoms. The van der Waals surface area contributed by atoms with Crippen molar-refractivity contribution in [1.29, 1.82) is 0 Å². The van der Waals surface area contributed by atoms with Crippen molar-refractivity contribution in [3.63, 3.8) is 0 Å². The second-order valence-electron chi connectivity index (χ2n) is 31.1. The van der Waals surface area contributed by atoms with Crippen LogP contribution in [0, 0.1) is 23.7 Å².